The van der Waals surface area contributed by atoms with Crippen molar-refractivity contribution in [2.75, 3.05) is 6.54 Å². The summed E-state index contributed by atoms with van der Waals surface area (Å²) in [6.07, 6.45) is 8.38. The van der Waals surface area contributed by atoms with Crippen LogP contribution >= 0.6 is 0 Å². The standard InChI is InChI=1S/C10H15N3/c11-5-4-9-6-12-7-13-10(9)8-2-1-3-8/h6-8H,1-5,11H2. The van der Waals surface area contributed by atoms with Crippen LogP contribution in [-0.4, -0.2) is 16.5 Å². The van der Waals surface area contributed by atoms with Gasteiger partial charge in [-0.2, -0.15) is 0 Å². The summed E-state index contributed by atoms with van der Waals surface area (Å²) in [5.41, 5.74) is 8.02. The van der Waals surface area contributed by atoms with Crippen molar-refractivity contribution < 1.29 is 0 Å². The van der Waals surface area contributed by atoms with E-state index in [1.54, 1.807) is 6.33 Å². The summed E-state index contributed by atoms with van der Waals surface area (Å²) in [6, 6.07) is 0. The summed E-state index contributed by atoms with van der Waals surface area (Å²) < 4.78 is 0. The van der Waals surface area contributed by atoms with E-state index < -0.39 is 0 Å². The molecule has 70 valence electrons. The van der Waals surface area contributed by atoms with E-state index in [0.29, 0.717) is 12.5 Å². The smallest absolute Gasteiger partial charge is 0.115 e. The Morgan fingerprint density at radius 2 is 2.31 bits per heavy atom. The SMILES string of the molecule is NCCc1cncnc1C1CCC1. The zero-order valence-electron chi connectivity index (χ0n) is 7.74. The quantitative estimate of drug-likeness (QED) is 0.755. The van der Waals surface area contributed by atoms with Gasteiger partial charge in [-0.15, -0.1) is 0 Å². The van der Waals surface area contributed by atoms with E-state index in [2.05, 4.69) is 9.97 Å². The average Bonchev–Trinajstić information content (AvgIpc) is 2.05. The van der Waals surface area contributed by atoms with E-state index in [1.165, 1.54) is 30.5 Å². The van der Waals surface area contributed by atoms with Gasteiger partial charge in [-0.25, -0.2) is 9.97 Å². The number of rotatable bonds is 3. The number of hydrogen-bond acceptors (Lipinski definition) is 3. The first kappa shape index (κ1) is 8.63. The van der Waals surface area contributed by atoms with Gasteiger partial charge in [0.15, 0.2) is 0 Å². The van der Waals surface area contributed by atoms with Gasteiger partial charge in [-0.1, -0.05) is 6.42 Å². The molecule has 0 spiro atoms. The summed E-state index contributed by atoms with van der Waals surface area (Å²) in [6.45, 7) is 0.688. The van der Waals surface area contributed by atoms with Gasteiger partial charge < -0.3 is 5.73 Å². The van der Waals surface area contributed by atoms with Crippen LogP contribution in [0.2, 0.25) is 0 Å². The topological polar surface area (TPSA) is 51.8 Å². The summed E-state index contributed by atoms with van der Waals surface area (Å²) in [5, 5.41) is 0. The molecule has 0 bridgehead atoms. The van der Waals surface area contributed by atoms with Crippen molar-refractivity contribution in [1.29, 1.82) is 0 Å². The van der Waals surface area contributed by atoms with E-state index in [1.807, 2.05) is 6.20 Å². The molecule has 0 amide bonds. The fraction of sp³-hybridized carbons (Fsp3) is 0.600. The molecule has 1 aliphatic rings. The Kier molecular flexibility index (Phi) is 2.54. The predicted octanol–water partition coefficient (Wildman–Crippen LogP) is 1.25. The highest BCUT2D eigenvalue weighted by atomic mass is 14.8. The van der Waals surface area contributed by atoms with Gasteiger partial charge in [0.25, 0.3) is 0 Å². The molecule has 2 rings (SSSR count). The maximum atomic E-state index is 5.53. The average molecular weight is 177 g/mol. The second-order valence-corrected chi connectivity index (χ2v) is 3.60. The van der Waals surface area contributed by atoms with Crippen LogP contribution in [-0.2, 0) is 6.42 Å². The first-order chi connectivity index (χ1) is 6.42. The molecule has 1 aromatic rings. The van der Waals surface area contributed by atoms with Crippen molar-refractivity contribution in [3.05, 3.63) is 23.8 Å². The Balaban J connectivity index is 2.20. The van der Waals surface area contributed by atoms with Crippen LogP contribution in [0.15, 0.2) is 12.5 Å². The first-order valence-electron chi connectivity index (χ1n) is 4.90. The fourth-order valence-corrected chi connectivity index (χ4v) is 1.77. The predicted molar refractivity (Wildman–Crippen MR) is 51.4 cm³/mol. The van der Waals surface area contributed by atoms with E-state index in [0.717, 1.165) is 6.42 Å². The monoisotopic (exact) mass is 177 g/mol. The van der Waals surface area contributed by atoms with Gasteiger partial charge in [0.05, 0.1) is 5.69 Å². The summed E-state index contributed by atoms with van der Waals surface area (Å²) >= 11 is 0. The zero-order valence-corrected chi connectivity index (χ0v) is 7.74. The lowest BCUT2D eigenvalue weighted by Crippen LogP contribution is -2.15. The number of aromatic nitrogens is 2. The third-order valence-corrected chi connectivity index (χ3v) is 2.73. The molecule has 0 unspecified atom stereocenters. The van der Waals surface area contributed by atoms with Crippen molar-refractivity contribution in [1.82, 2.24) is 9.97 Å². The van der Waals surface area contributed by atoms with Crippen LogP contribution < -0.4 is 5.73 Å². The first-order valence-corrected chi connectivity index (χ1v) is 4.90. The molecule has 1 saturated carbocycles. The van der Waals surface area contributed by atoms with Crippen molar-refractivity contribution >= 4 is 0 Å². The summed E-state index contributed by atoms with van der Waals surface area (Å²) in [5.74, 6) is 0.685. The minimum atomic E-state index is 0.685. The molecular weight excluding hydrogens is 162 g/mol. The van der Waals surface area contributed by atoms with Crippen molar-refractivity contribution in [3.8, 4) is 0 Å². The van der Waals surface area contributed by atoms with Crippen LogP contribution in [0.1, 0.15) is 36.4 Å². The lowest BCUT2D eigenvalue weighted by atomic mass is 9.81. The molecule has 3 nitrogen and oxygen atoms in total. The molecule has 1 heterocycles. The maximum absolute atomic E-state index is 5.53. The second-order valence-electron chi connectivity index (χ2n) is 3.60. The minimum absolute atomic E-state index is 0.685. The summed E-state index contributed by atoms with van der Waals surface area (Å²) in [7, 11) is 0. The van der Waals surface area contributed by atoms with Gasteiger partial charge in [-0.05, 0) is 31.4 Å². The van der Waals surface area contributed by atoms with Gasteiger partial charge in [0.1, 0.15) is 6.33 Å². The van der Waals surface area contributed by atoms with Crippen LogP contribution in [0.25, 0.3) is 0 Å². The van der Waals surface area contributed by atoms with Crippen LogP contribution in [0.4, 0.5) is 0 Å². The number of nitrogens with two attached hydrogens (primary N) is 1. The lowest BCUT2D eigenvalue weighted by molar-refractivity contribution is 0.407. The lowest BCUT2D eigenvalue weighted by Gasteiger charge is -2.26. The molecule has 1 fully saturated rings. The Morgan fingerprint density at radius 3 is 2.92 bits per heavy atom. The molecule has 2 N–H and O–H groups in total. The van der Waals surface area contributed by atoms with Crippen molar-refractivity contribution in [2.45, 2.75) is 31.6 Å². The normalized spacial score (nSPS) is 17.0. The van der Waals surface area contributed by atoms with Crippen molar-refractivity contribution in [2.24, 2.45) is 5.73 Å². The maximum Gasteiger partial charge on any atom is 0.115 e. The Hall–Kier alpha value is -0.960. The molecule has 3 heteroatoms. The molecule has 0 atom stereocenters. The molecule has 1 aromatic heterocycles. The Bertz CT molecular complexity index is 281. The molecule has 0 aliphatic heterocycles. The number of nitrogens with zero attached hydrogens (tertiary/aromatic N) is 2. The van der Waals surface area contributed by atoms with Crippen LogP contribution in [0.5, 0.6) is 0 Å². The Labute approximate surface area is 78.4 Å². The van der Waals surface area contributed by atoms with E-state index in [-0.39, 0.29) is 0 Å². The van der Waals surface area contributed by atoms with E-state index in [4.69, 9.17) is 5.73 Å². The molecule has 13 heavy (non-hydrogen) atoms. The number of hydrogen-bond donors (Lipinski definition) is 1. The second kappa shape index (κ2) is 3.83. The van der Waals surface area contributed by atoms with E-state index >= 15 is 0 Å². The van der Waals surface area contributed by atoms with Gasteiger partial charge in [0, 0.05) is 12.1 Å². The highest BCUT2D eigenvalue weighted by Gasteiger charge is 2.22. The molecule has 1 aliphatic carbocycles. The minimum Gasteiger partial charge on any atom is -0.330 e. The third-order valence-electron chi connectivity index (χ3n) is 2.73. The van der Waals surface area contributed by atoms with Crippen LogP contribution in [0, 0.1) is 0 Å². The largest absolute Gasteiger partial charge is 0.330 e. The van der Waals surface area contributed by atoms with Gasteiger partial charge in [0.2, 0.25) is 0 Å². The fourth-order valence-electron chi connectivity index (χ4n) is 1.77. The van der Waals surface area contributed by atoms with Crippen molar-refractivity contribution in [3.63, 3.8) is 0 Å². The molecule has 0 saturated heterocycles. The Morgan fingerprint density at radius 1 is 1.46 bits per heavy atom. The molecule has 0 aromatic carbocycles. The third kappa shape index (κ3) is 1.70. The molecule has 0 radical (unpaired) electrons. The van der Waals surface area contributed by atoms with Crippen LogP contribution in [0.3, 0.4) is 0 Å². The summed E-state index contributed by atoms with van der Waals surface area (Å²) in [4.78, 5) is 8.39. The van der Waals surface area contributed by atoms with E-state index in [9.17, 15) is 0 Å². The molecular formula is C10H15N3. The zero-order chi connectivity index (χ0) is 9.10. The highest BCUT2D eigenvalue weighted by molar-refractivity contribution is 5.22. The van der Waals surface area contributed by atoms with Gasteiger partial charge in [-0.3, -0.25) is 0 Å². The highest BCUT2D eigenvalue weighted by Crippen LogP contribution is 2.36. The van der Waals surface area contributed by atoms with Gasteiger partial charge >= 0.3 is 0 Å².